The number of pyridine rings is 1. The SMILES string of the molecule is CC(=O)Oc1cc(Cl)cc(OC(C)=O)c1Oc1ccccn1. The van der Waals surface area contributed by atoms with Crippen molar-refractivity contribution in [3.8, 4) is 23.1 Å². The lowest BCUT2D eigenvalue weighted by atomic mass is 10.3. The van der Waals surface area contributed by atoms with Crippen molar-refractivity contribution >= 4 is 23.5 Å². The summed E-state index contributed by atoms with van der Waals surface area (Å²) in [5.74, 6) is -0.798. The van der Waals surface area contributed by atoms with Gasteiger partial charge in [-0.15, -0.1) is 0 Å². The lowest BCUT2D eigenvalue weighted by molar-refractivity contribution is -0.132. The van der Waals surface area contributed by atoms with E-state index >= 15 is 0 Å². The predicted octanol–water partition coefficient (Wildman–Crippen LogP) is 3.38. The first-order valence-corrected chi connectivity index (χ1v) is 6.63. The highest BCUT2D eigenvalue weighted by Gasteiger charge is 2.19. The number of carbonyl (C=O) groups excluding carboxylic acids is 2. The summed E-state index contributed by atoms with van der Waals surface area (Å²) in [6, 6.07) is 7.80. The van der Waals surface area contributed by atoms with Gasteiger partial charge in [0.2, 0.25) is 11.6 Å². The van der Waals surface area contributed by atoms with Gasteiger partial charge in [0, 0.05) is 43.3 Å². The summed E-state index contributed by atoms with van der Waals surface area (Å²) in [6.45, 7) is 2.47. The molecule has 0 N–H and O–H groups in total. The van der Waals surface area contributed by atoms with Crippen LogP contribution < -0.4 is 14.2 Å². The Hall–Kier alpha value is -2.60. The van der Waals surface area contributed by atoms with E-state index in [9.17, 15) is 9.59 Å². The van der Waals surface area contributed by atoms with Crippen LogP contribution in [0.2, 0.25) is 5.02 Å². The van der Waals surface area contributed by atoms with Gasteiger partial charge in [-0.05, 0) is 6.07 Å². The molecule has 22 heavy (non-hydrogen) atoms. The van der Waals surface area contributed by atoms with E-state index in [-0.39, 0.29) is 28.2 Å². The third-order valence-corrected chi connectivity index (χ3v) is 2.56. The summed E-state index contributed by atoms with van der Waals surface area (Å²) in [4.78, 5) is 26.4. The molecule has 0 bridgehead atoms. The number of aromatic nitrogens is 1. The van der Waals surface area contributed by atoms with E-state index < -0.39 is 11.9 Å². The van der Waals surface area contributed by atoms with Gasteiger partial charge in [0.1, 0.15) is 0 Å². The quantitative estimate of drug-likeness (QED) is 0.635. The molecule has 2 rings (SSSR count). The minimum atomic E-state index is -0.568. The number of halogens is 1. The Morgan fingerprint density at radius 2 is 1.64 bits per heavy atom. The van der Waals surface area contributed by atoms with Crippen LogP contribution in [0.5, 0.6) is 23.1 Å². The van der Waals surface area contributed by atoms with Crippen LogP contribution in [-0.4, -0.2) is 16.9 Å². The van der Waals surface area contributed by atoms with Crippen molar-refractivity contribution in [1.29, 1.82) is 0 Å². The number of hydrogen-bond donors (Lipinski definition) is 0. The summed E-state index contributed by atoms with van der Waals surface area (Å²) < 4.78 is 15.7. The van der Waals surface area contributed by atoms with Crippen LogP contribution in [0.25, 0.3) is 0 Å². The fraction of sp³-hybridized carbons (Fsp3) is 0.133. The zero-order valence-corrected chi connectivity index (χ0v) is 12.6. The molecule has 7 heteroatoms. The monoisotopic (exact) mass is 321 g/mol. The molecular weight excluding hydrogens is 310 g/mol. The molecule has 0 atom stereocenters. The summed E-state index contributed by atoms with van der Waals surface area (Å²) >= 11 is 5.94. The molecule has 1 aromatic carbocycles. The first-order chi connectivity index (χ1) is 10.5. The van der Waals surface area contributed by atoms with Gasteiger partial charge in [0.25, 0.3) is 0 Å². The topological polar surface area (TPSA) is 74.7 Å². The number of benzene rings is 1. The van der Waals surface area contributed by atoms with Crippen LogP contribution in [0, 0.1) is 0 Å². The van der Waals surface area contributed by atoms with Gasteiger partial charge in [-0.25, -0.2) is 4.98 Å². The highest BCUT2D eigenvalue weighted by molar-refractivity contribution is 6.31. The van der Waals surface area contributed by atoms with Gasteiger partial charge in [-0.3, -0.25) is 9.59 Å². The van der Waals surface area contributed by atoms with Gasteiger partial charge >= 0.3 is 11.9 Å². The molecule has 0 amide bonds. The molecule has 0 aliphatic rings. The van der Waals surface area contributed by atoms with Crippen molar-refractivity contribution in [3.05, 3.63) is 41.6 Å². The number of hydrogen-bond acceptors (Lipinski definition) is 6. The lowest BCUT2D eigenvalue weighted by Crippen LogP contribution is -2.07. The van der Waals surface area contributed by atoms with E-state index in [1.165, 1.54) is 32.2 Å². The average Bonchev–Trinajstić information content (AvgIpc) is 2.42. The number of esters is 2. The van der Waals surface area contributed by atoms with Crippen LogP contribution in [0.1, 0.15) is 13.8 Å². The molecule has 1 heterocycles. The van der Waals surface area contributed by atoms with Crippen molar-refractivity contribution in [2.24, 2.45) is 0 Å². The van der Waals surface area contributed by atoms with Crippen molar-refractivity contribution in [2.45, 2.75) is 13.8 Å². The smallest absolute Gasteiger partial charge is 0.308 e. The Morgan fingerprint density at radius 1 is 1.05 bits per heavy atom. The Labute approximate surface area is 131 Å². The fourth-order valence-corrected chi connectivity index (χ4v) is 1.82. The average molecular weight is 322 g/mol. The molecule has 114 valence electrons. The molecule has 0 spiro atoms. The molecule has 1 aromatic heterocycles. The van der Waals surface area contributed by atoms with Crippen molar-refractivity contribution in [3.63, 3.8) is 0 Å². The summed E-state index contributed by atoms with van der Waals surface area (Å²) in [6.07, 6.45) is 1.53. The molecule has 0 fully saturated rings. The highest BCUT2D eigenvalue weighted by atomic mass is 35.5. The maximum atomic E-state index is 11.2. The summed E-state index contributed by atoms with van der Waals surface area (Å²) in [7, 11) is 0. The van der Waals surface area contributed by atoms with Crippen molar-refractivity contribution in [1.82, 2.24) is 4.98 Å². The Morgan fingerprint density at radius 3 is 2.09 bits per heavy atom. The van der Waals surface area contributed by atoms with E-state index in [4.69, 9.17) is 25.8 Å². The summed E-state index contributed by atoms with van der Waals surface area (Å²) in [5.41, 5.74) is 0. The van der Waals surface area contributed by atoms with Gasteiger partial charge in [-0.1, -0.05) is 17.7 Å². The summed E-state index contributed by atoms with van der Waals surface area (Å²) in [5, 5.41) is 0.223. The van der Waals surface area contributed by atoms with E-state index in [2.05, 4.69) is 4.98 Å². The maximum Gasteiger partial charge on any atom is 0.308 e. The zero-order valence-electron chi connectivity index (χ0n) is 11.8. The first kappa shape index (κ1) is 15.8. The van der Waals surface area contributed by atoms with Crippen LogP contribution in [-0.2, 0) is 9.59 Å². The van der Waals surface area contributed by atoms with E-state index in [0.717, 1.165) is 0 Å². The number of nitrogens with zero attached hydrogens (tertiary/aromatic N) is 1. The van der Waals surface area contributed by atoms with Gasteiger partial charge in [0.05, 0.1) is 0 Å². The molecule has 0 saturated carbocycles. The normalized spacial score (nSPS) is 9.95. The Bertz CT molecular complexity index is 665. The third-order valence-electron chi connectivity index (χ3n) is 2.34. The van der Waals surface area contributed by atoms with Crippen LogP contribution in [0.4, 0.5) is 0 Å². The minimum absolute atomic E-state index is 0.0295. The van der Waals surface area contributed by atoms with E-state index in [1.807, 2.05) is 0 Å². The van der Waals surface area contributed by atoms with Crippen molar-refractivity contribution < 1.29 is 23.8 Å². The second-order valence-electron chi connectivity index (χ2n) is 4.19. The molecule has 0 aliphatic heterocycles. The lowest BCUT2D eigenvalue weighted by Gasteiger charge is -2.14. The predicted molar refractivity (Wildman–Crippen MR) is 78.4 cm³/mol. The molecule has 0 unspecified atom stereocenters. The van der Waals surface area contributed by atoms with Gasteiger partial charge in [-0.2, -0.15) is 0 Å². The molecule has 6 nitrogen and oxygen atoms in total. The largest absolute Gasteiger partial charge is 0.431 e. The van der Waals surface area contributed by atoms with Gasteiger partial charge in [0.15, 0.2) is 11.5 Å². The highest BCUT2D eigenvalue weighted by Crippen LogP contribution is 2.42. The molecular formula is C15H12ClNO5. The molecule has 2 aromatic rings. The molecule has 0 aliphatic carbocycles. The number of carbonyl (C=O) groups is 2. The Kier molecular flexibility index (Phi) is 4.95. The molecule has 0 saturated heterocycles. The number of rotatable bonds is 4. The minimum Gasteiger partial charge on any atom is -0.431 e. The van der Waals surface area contributed by atoms with Crippen molar-refractivity contribution in [2.75, 3.05) is 0 Å². The Balaban J connectivity index is 2.49. The number of ether oxygens (including phenoxy) is 3. The second-order valence-corrected chi connectivity index (χ2v) is 4.62. The van der Waals surface area contributed by atoms with E-state index in [0.29, 0.717) is 0 Å². The zero-order chi connectivity index (χ0) is 16.1. The standard InChI is InChI=1S/C15H12ClNO5/c1-9(18)20-12-7-11(16)8-13(21-10(2)19)15(12)22-14-5-3-4-6-17-14/h3-8H,1-2H3. The van der Waals surface area contributed by atoms with E-state index in [1.54, 1.807) is 18.2 Å². The second kappa shape index (κ2) is 6.91. The van der Waals surface area contributed by atoms with Gasteiger partial charge < -0.3 is 14.2 Å². The first-order valence-electron chi connectivity index (χ1n) is 6.25. The fourth-order valence-electron chi connectivity index (χ4n) is 1.62. The third kappa shape index (κ3) is 4.20. The maximum absolute atomic E-state index is 11.2. The molecule has 0 radical (unpaired) electrons. The van der Waals surface area contributed by atoms with Crippen LogP contribution in [0.15, 0.2) is 36.5 Å². The van der Waals surface area contributed by atoms with Crippen LogP contribution >= 0.6 is 11.6 Å². The van der Waals surface area contributed by atoms with Crippen LogP contribution in [0.3, 0.4) is 0 Å².